The summed E-state index contributed by atoms with van der Waals surface area (Å²) in [6.07, 6.45) is 0. The number of hydrazone groups is 1. The highest BCUT2D eigenvalue weighted by Crippen LogP contribution is 2.38. The number of nitriles is 1. The third-order valence-electron chi connectivity index (χ3n) is 4.72. The van der Waals surface area contributed by atoms with Crippen LogP contribution in [-0.4, -0.2) is 16.9 Å². The monoisotopic (exact) mass is 453 g/mol. The summed E-state index contributed by atoms with van der Waals surface area (Å²) in [6, 6.07) is 27.2. The molecule has 0 radical (unpaired) electrons. The van der Waals surface area contributed by atoms with E-state index in [1.165, 1.54) is 4.90 Å². The minimum absolute atomic E-state index is 0.119. The first-order chi connectivity index (χ1) is 16.1. The molecule has 2 amide bonds. The molecule has 0 aromatic heterocycles. The maximum Gasteiger partial charge on any atom is 0.290 e. The van der Waals surface area contributed by atoms with Crippen molar-refractivity contribution in [1.29, 1.82) is 5.26 Å². The number of amides is 2. The smallest absolute Gasteiger partial charge is 0.290 e. The second-order valence-electron chi connectivity index (χ2n) is 7.09. The Morgan fingerprint density at radius 1 is 0.939 bits per heavy atom. The van der Waals surface area contributed by atoms with Gasteiger partial charge in [-0.25, -0.2) is 0 Å². The van der Waals surface area contributed by atoms with Gasteiger partial charge in [-0.3, -0.25) is 19.9 Å². The Balaban J connectivity index is 1.71. The Kier molecular flexibility index (Phi) is 6.53. The third-order valence-corrected chi connectivity index (χ3v) is 5.76. The normalized spacial score (nSPS) is 15.8. The summed E-state index contributed by atoms with van der Waals surface area (Å²) in [6.45, 7) is 1.94. The predicted molar refractivity (Wildman–Crippen MR) is 131 cm³/mol. The number of hydrogen-bond donors (Lipinski definition) is 2. The number of nitrogens with one attached hydrogen (secondary N) is 2. The molecule has 0 bridgehead atoms. The van der Waals surface area contributed by atoms with Crippen LogP contribution in [0.15, 0.2) is 101 Å². The van der Waals surface area contributed by atoms with Crippen molar-refractivity contribution >= 4 is 45.7 Å². The van der Waals surface area contributed by atoms with Gasteiger partial charge in [-0.2, -0.15) is 10.4 Å². The molecule has 1 aliphatic heterocycles. The highest BCUT2D eigenvalue weighted by atomic mass is 32.2. The maximum atomic E-state index is 13.2. The third kappa shape index (κ3) is 4.95. The van der Waals surface area contributed by atoms with Gasteiger partial charge in [-0.1, -0.05) is 54.1 Å². The molecule has 1 aliphatic rings. The highest BCUT2D eigenvalue weighted by molar-refractivity contribution is 8.20. The number of benzene rings is 3. The zero-order valence-corrected chi connectivity index (χ0v) is 18.5. The minimum atomic E-state index is -0.602. The fourth-order valence-electron chi connectivity index (χ4n) is 3.07. The maximum absolute atomic E-state index is 13.2. The van der Waals surface area contributed by atoms with Crippen LogP contribution in [0, 0.1) is 18.3 Å². The highest BCUT2D eigenvalue weighted by Gasteiger charge is 2.38. The number of para-hydroxylation sites is 2. The van der Waals surface area contributed by atoms with E-state index >= 15 is 0 Å². The van der Waals surface area contributed by atoms with E-state index in [4.69, 9.17) is 0 Å². The lowest BCUT2D eigenvalue weighted by Crippen LogP contribution is -2.28. The zero-order valence-electron chi connectivity index (χ0n) is 17.6. The van der Waals surface area contributed by atoms with Gasteiger partial charge >= 0.3 is 0 Å². The van der Waals surface area contributed by atoms with E-state index in [1.807, 2.05) is 61.5 Å². The van der Waals surface area contributed by atoms with Crippen LogP contribution in [0.5, 0.6) is 0 Å². The predicted octanol–water partition coefficient (Wildman–Crippen LogP) is 4.87. The number of anilines is 3. The Morgan fingerprint density at radius 2 is 1.58 bits per heavy atom. The van der Waals surface area contributed by atoms with Crippen molar-refractivity contribution in [3.05, 3.63) is 101 Å². The SMILES string of the molecule is Cc1ccc(NC(=O)/C(C#N)=C2\S/C(=N\Nc3ccccc3)C(=O)N2c2ccccc2)cc1. The van der Waals surface area contributed by atoms with Crippen molar-refractivity contribution in [3.63, 3.8) is 0 Å². The number of rotatable bonds is 5. The van der Waals surface area contributed by atoms with E-state index in [0.29, 0.717) is 17.1 Å². The molecular weight excluding hydrogens is 434 g/mol. The molecule has 1 saturated heterocycles. The van der Waals surface area contributed by atoms with Gasteiger partial charge in [0.25, 0.3) is 11.8 Å². The van der Waals surface area contributed by atoms with Gasteiger partial charge < -0.3 is 5.32 Å². The van der Waals surface area contributed by atoms with Crippen molar-refractivity contribution in [3.8, 4) is 6.07 Å². The van der Waals surface area contributed by atoms with E-state index in [1.54, 1.807) is 36.4 Å². The Labute approximate surface area is 195 Å². The molecule has 0 spiro atoms. The van der Waals surface area contributed by atoms with E-state index in [2.05, 4.69) is 15.8 Å². The topological polar surface area (TPSA) is 97.6 Å². The molecule has 3 aromatic carbocycles. The Morgan fingerprint density at radius 3 is 2.21 bits per heavy atom. The van der Waals surface area contributed by atoms with Crippen molar-refractivity contribution in [2.45, 2.75) is 6.92 Å². The summed E-state index contributed by atoms with van der Waals surface area (Å²) in [5.74, 6) is -1.03. The van der Waals surface area contributed by atoms with E-state index in [9.17, 15) is 14.9 Å². The molecule has 3 aromatic rings. The van der Waals surface area contributed by atoms with Gasteiger partial charge in [-0.05, 0) is 55.1 Å². The standard InChI is InChI=1S/C25H19N5O2S/c1-17-12-14-18(15-13-17)27-22(31)21(16-26)25-30(20-10-6-3-7-11-20)24(32)23(33-25)29-28-19-8-4-2-5-9-19/h2-15,28H,1H3,(H,27,31)/b25-21-,29-23-. The average molecular weight is 454 g/mol. The molecule has 2 N–H and O–H groups in total. The molecule has 4 rings (SSSR count). The number of nitrogens with zero attached hydrogens (tertiary/aromatic N) is 3. The summed E-state index contributed by atoms with van der Waals surface area (Å²) in [7, 11) is 0. The average Bonchev–Trinajstić information content (AvgIpc) is 3.16. The van der Waals surface area contributed by atoms with Gasteiger partial charge in [0.05, 0.1) is 5.69 Å². The minimum Gasteiger partial charge on any atom is -0.321 e. The lowest BCUT2D eigenvalue weighted by molar-refractivity contribution is -0.112. The second kappa shape index (κ2) is 9.85. The van der Waals surface area contributed by atoms with Crippen molar-refractivity contribution in [2.24, 2.45) is 5.10 Å². The van der Waals surface area contributed by atoms with Crippen LogP contribution in [0.25, 0.3) is 0 Å². The molecule has 0 saturated carbocycles. The lowest BCUT2D eigenvalue weighted by Gasteiger charge is -2.17. The summed E-state index contributed by atoms with van der Waals surface area (Å²) in [5, 5.41) is 17.1. The fraction of sp³-hybridized carbons (Fsp3) is 0.0400. The number of carbonyl (C=O) groups is 2. The van der Waals surface area contributed by atoms with Gasteiger partial charge in [0.1, 0.15) is 16.7 Å². The molecular formula is C25H19N5O2S. The van der Waals surface area contributed by atoms with E-state index in [-0.39, 0.29) is 15.6 Å². The molecule has 7 nitrogen and oxygen atoms in total. The van der Waals surface area contributed by atoms with Gasteiger partial charge in [-0.15, -0.1) is 0 Å². The van der Waals surface area contributed by atoms with Crippen LogP contribution in [-0.2, 0) is 9.59 Å². The van der Waals surface area contributed by atoms with Crippen LogP contribution >= 0.6 is 11.8 Å². The molecule has 0 aliphatic carbocycles. The molecule has 0 atom stereocenters. The van der Waals surface area contributed by atoms with Crippen molar-refractivity contribution < 1.29 is 9.59 Å². The quantitative estimate of drug-likeness (QED) is 0.326. The molecule has 1 fully saturated rings. The molecule has 162 valence electrons. The fourth-order valence-corrected chi connectivity index (χ4v) is 4.04. The van der Waals surface area contributed by atoms with Gasteiger partial charge in [0, 0.05) is 11.4 Å². The van der Waals surface area contributed by atoms with Crippen molar-refractivity contribution in [1.82, 2.24) is 0 Å². The largest absolute Gasteiger partial charge is 0.321 e. The van der Waals surface area contributed by atoms with Gasteiger partial charge in [0.15, 0.2) is 5.04 Å². The first-order valence-corrected chi connectivity index (χ1v) is 10.9. The second-order valence-corrected chi connectivity index (χ2v) is 8.06. The Hall–Kier alpha value is -4.35. The summed E-state index contributed by atoms with van der Waals surface area (Å²) in [5.41, 5.74) is 5.52. The number of aryl methyl sites for hydroxylation is 1. The molecule has 1 heterocycles. The number of hydrogen-bond acceptors (Lipinski definition) is 6. The molecule has 0 unspecified atom stereocenters. The molecule has 8 heteroatoms. The summed E-state index contributed by atoms with van der Waals surface area (Å²) in [4.78, 5) is 27.6. The lowest BCUT2D eigenvalue weighted by atomic mass is 10.2. The van der Waals surface area contributed by atoms with Crippen LogP contribution in [0.3, 0.4) is 0 Å². The first-order valence-electron chi connectivity index (χ1n) is 10.1. The van der Waals surface area contributed by atoms with Crippen molar-refractivity contribution in [2.75, 3.05) is 15.6 Å². The van der Waals surface area contributed by atoms with Crippen LogP contribution < -0.4 is 15.6 Å². The zero-order chi connectivity index (χ0) is 23.2. The first kappa shape index (κ1) is 21.9. The summed E-state index contributed by atoms with van der Waals surface area (Å²) < 4.78 is 0. The van der Waals surface area contributed by atoms with E-state index < -0.39 is 11.8 Å². The van der Waals surface area contributed by atoms with E-state index in [0.717, 1.165) is 17.3 Å². The Bertz CT molecular complexity index is 1280. The number of carbonyl (C=O) groups excluding carboxylic acids is 2. The van der Waals surface area contributed by atoms with Crippen LogP contribution in [0.1, 0.15) is 5.56 Å². The van der Waals surface area contributed by atoms with Crippen LogP contribution in [0.4, 0.5) is 17.1 Å². The molecule has 33 heavy (non-hydrogen) atoms. The summed E-state index contributed by atoms with van der Waals surface area (Å²) >= 11 is 0.975. The number of thioether (sulfide) groups is 1. The van der Waals surface area contributed by atoms with Gasteiger partial charge in [0.2, 0.25) is 0 Å². The van der Waals surface area contributed by atoms with Crippen LogP contribution in [0.2, 0.25) is 0 Å².